The fraction of sp³-hybridized carbons (Fsp3) is 0.938. The summed E-state index contributed by atoms with van der Waals surface area (Å²) in [5, 5.41) is 12.8. The van der Waals surface area contributed by atoms with Crippen LogP contribution in [-0.2, 0) is 4.79 Å². The van der Waals surface area contributed by atoms with Gasteiger partial charge in [0.2, 0.25) is 0 Å². The van der Waals surface area contributed by atoms with Gasteiger partial charge in [-0.2, -0.15) is 0 Å². The molecule has 0 radical (unpaired) electrons. The highest BCUT2D eigenvalue weighted by molar-refractivity contribution is 5.69. The van der Waals surface area contributed by atoms with Gasteiger partial charge in [0.15, 0.2) is 0 Å². The molecule has 2 fully saturated rings. The zero-order valence-electron chi connectivity index (χ0n) is 13.1. The lowest BCUT2D eigenvalue weighted by molar-refractivity contribution is -0.139. The first kappa shape index (κ1) is 15.8. The topological polar surface area (TPSA) is 52.6 Å². The minimum Gasteiger partial charge on any atom is -0.480 e. The Hall–Kier alpha value is -0.610. The van der Waals surface area contributed by atoms with Crippen molar-refractivity contribution in [3.63, 3.8) is 0 Å². The Morgan fingerprint density at radius 3 is 2.45 bits per heavy atom. The van der Waals surface area contributed by atoms with Gasteiger partial charge < -0.3 is 10.4 Å². The number of nitrogens with zero attached hydrogens (tertiary/aromatic N) is 1. The second-order valence-electron chi connectivity index (χ2n) is 7.01. The van der Waals surface area contributed by atoms with Crippen LogP contribution in [0.5, 0.6) is 0 Å². The molecule has 2 aliphatic carbocycles. The summed E-state index contributed by atoms with van der Waals surface area (Å²) in [6.07, 6.45) is 5.97. The molecule has 0 spiro atoms. The van der Waals surface area contributed by atoms with Crippen molar-refractivity contribution in [2.75, 3.05) is 13.1 Å². The number of aliphatic carboxylic acids is 1. The molecule has 20 heavy (non-hydrogen) atoms. The lowest BCUT2D eigenvalue weighted by Crippen LogP contribution is -2.56. The van der Waals surface area contributed by atoms with Crippen molar-refractivity contribution in [3.05, 3.63) is 0 Å². The molecule has 1 atom stereocenters. The molecule has 116 valence electrons. The molecule has 0 aromatic heterocycles. The first-order chi connectivity index (χ1) is 9.49. The van der Waals surface area contributed by atoms with E-state index in [0.29, 0.717) is 24.0 Å². The summed E-state index contributed by atoms with van der Waals surface area (Å²) in [4.78, 5) is 13.2. The Bertz CT molecular complexity index is 322. The van der Waals surface area contributed by atoms with Crippen LogP contribution in [0.4, 0.5) is 0 Å². The molecule has 0 amide bonds. The van der Waals surface area contributed by atoms with Crippen LogP contribution in [0.2, 0.25) is 0 Å². The molecule has 4 heteroatoms. The molecular weight excluding hydrogens is 252 g/mol. The van der Waals surface area contributed by atoms with Crippen LogP contribution < -0.4 is 5.32 Å². The van der Waals surface area contributed by atoms with Gasteiger partial charge in [-0.15, -0.1) is 0 Å². The smallest absolute Gasteiger partial charge is 0.317 e. The molecule has 0 bridgehead atoms. The largest absolute Gasteiger partial charge is 0.480 e. The molecule has 2 rings (SSSR count). The number of carbonyl (C=O) groups is 1. The molecule has 1 unspecified atom stereocenters. The minimum absolute atomic E-state index is 0.218. The molecule has 0 heterocycles. The van der Waals surface area contributed by atoms with Crippen molar-refractivity contribution < 1.29 is 9.90 Å². The van der Waals surface area contributed by atoms with Gasteiger partial charge in [0.1, 0.15) is 0 Å². The molecule has 0 aromatic carbocycles. The van der Waals surface area contributed by atoms with E-state index in [9.17, 15) is 4.79 Å². The quantitative estimate of drug-likeness (QED) is 0.681. The van der Waals surface area contributed by atoms with E-state index in [-0.39, 0.29) is 6.54 Å². The maximum atomic E-state index is 11.0. The number of carboxylic acid groups (broad SMARTS) is 1. The third kappa shape index (κ3) is 4.45. The van der Waals surface area contributed by atoms with E-state index in [4.69, 9.17) is 5.11 Å². The summed E-state index contributed by atoms with van der Waals surface area (Å²) in [6, 6.07) is 1.66. The molecule has 2 aliphatic rings. The molecular formula is C16H30N2O2. The van der Waals surface area contributed by atoms with Crippen molar-refractivity contribution in [1.82, 2.24) is 10.2 Å². The van der Waals surface area contributed by atoms with Crippen LogP contribution in [-0.4, -0.2) is 47.2 Å². The number of nitrogens with one attached hydrogen (secondary N) is 1. The fourth-order valence-electron chi connectivity index (χ4n) is 3.26. The number of carboxylic acids is 1. The summed E-state index contributed by atoms with van der Waals surface area (Å²) in [5.41, 5.74) is 0. The predicted molar refractivity (Wildman–Crippen MR) is 80.8 cm³/mol. The van der Waals surface area contributed by atoms with Crippen molar-refractivity contribution in [1.29, 1.82) is 0 Å². The van der Waals surface area contributed by atoms with Crippen molar-refractivity contribution in [2.45, 2.75) is 71.0 Å². The maximum absolute atomic E-state index is 11.0. The van der Waals surface area contributed by atoms with E-state index in [1.54, 1.807) is 0 Å². The molecule has 2 saturated carbocycles. The number of hydrogen-bond donors (Lipinski definition) is 2. The Morgan fingerprint density at radius 1 is 1.35 bits per heavy atom. The Labute approximate surface area is 122 Å². The number of rotatable bonds is 9. The van der Waals surface area contributed by atoms with Crippen LogP contribution in [0.1, 0.15) is 52.9 Å². The standard InChI is InChI=1S/C16H30N2O2/c1-4-15(11(2)3)17-13-7-14(8-13)18(10-16(19)20)9-12-5-6-12/h11-15,17H,4-10H2,1-3H3,(H,19,20). The highest BCUT2D eigenvalue weighted by Gasteiger charge is 2.37. The van der Waals surface area contributed by atoms with Gasteiger partial charge in [-0.05, 0) is 43.9 Å². The fourth-order valence-corrected chi connectivity index (χ4v) is 3.26. The second-order valence-corrected chi connectivity index (χ2v) is 7.01. The molecule has 4 nitrogen and oxygen atoms in total. The van der Waals surface area contributed by atoms with Crippen LogP contribution in [0.25, 0.3) is 0 Å². The Kier molecular flexibility index (Phi) is 5.44. The monoisotopic (exact) mass is 282 g/mol. The van der Waals surface area contributed by atoms with Gasteiger partial charge in [0.05, 0.1) is 6.54 Å². The zero-order chi connectivity index (χ0) is 14.7. The van der Waals surface area contributed by atoms with Crippen LogP contribution in [0, 0.1) is 11.8 Å². The summed E-state index contributed by atoms with van der Waals surface area (Å²) < 4.78 is 0. The molecule has 0 saturated heterocycles. The summed E-state index contributed by atoms with van der Waals surface area (Å²) >= 11 is 0. The van der Waals surface area contributed by atoms with Gasteiger partial charge in [0.25, 0.3) is 0 Å². The summed E-state index contributed by atoms with van der Waals surface area (Å²) in [5.74, 6) is 0.747. The van der Waals surface area contributed by atoms with E-state index in [2.05, 4.69) is 31.0 Å². The van der Waals surface area contributed by atoms with Gasteiger partial charge in [-0.1, -0.05) is 20.8 Å². The third-order valence-electron chi connectivity index (χ3n) is 4.85. The van der Waals surface area contributed by atoms with Gasteiger partial charge in [-0.3, -0.25) is 9.69 Å². The maximum Gasteiger partial charge on any atom is 0.317 e. The first-order valence-corrected chi connectivity index (χ1v) is 8.21. The van der Waals surface area contributed by atoms with E-state index < -0.39 is 5.97 Å². The van der Waals surface area contributed by atoms with E-state index >= 15 is 0 Å². The number of hydrogen-bond acceptors (Lipinski definition) is 3. The normalized spacial score (nSPS) is 27.6. The van der Waals surface area contributed by atoms with E-state index in [1.165, 1.54) is 19.3 Å². The Balaban J connectivity index is 1.75. The Morgan fingerprint density at radius 2 is 2.00 bits per heavy atom. The van der Waals surface area contributed by atoms with Crippen LogP contribution >= 0.6 is 0 Å². The average molecular weight is 282 g/mol. The van der Waals surface area contributed by atoms with Gasteiger partial charge in [-0.25, -0.2) is 0 Å². The van der Waals surface area contributed by atoms with Crippen LogP contribution in [0.3, 0.4) is 0 Å². The summed E-state index contributed by atoms with van der Waals surface area (Å²) in [7, 11) is 0. The van der Waals surface area contributed by atoms with Crippen LogP contribution in [0.15, 0.2) is 0 Å². The molecule has 0 aliphatic heterocycles. The minimum atomic E-state index is -0.685. The zero-order valence-corrected chi connectivity index (χ0v) is 13.1. The highest BCUT2D eigenvalue weighted by Crippen LogP contribution is 2.34. The van der Waals surface area contributed by atoms with Gasteiger partial charge >= 0.3 is 5.97 Å². The average Bonchev–Trinajstić information content (AvgIpc) is 3.09. The third-order valence-corrected chi connectivity index (χ3v) is 4.85. The summed E-state index contributed by atoms with van der Waals surface area (Å²) in [6.45, 7) is 7.97. The lowest BCUT2D eigenvalue weighted by atomic mass is 9.83. The van der Waals surface area contributed by atoms with E-state index in [0.717, 1.165) is 25.3 Å². The highest BCUT2D eigenvalue weighted by atomic mass is 16.4. The first-order valence-electron chi connectivity index (χ1n) is 8.21. The SMILES string of the molecule is CCC(NC1CC(N(CC(=O)O)CC2CC2)C1)C(C)C. The van der Waals surface area contributed by atoms with Crippen molar-refractivity contribution in [3.8, 4) is 0 Å². The molecule has 2 N–H and O–H groups in total. The molecule has 0 aromatic rings. The lowest BCUT2D eigenvalue weighted by Gasteiger charge is -2.44. The predicted octanol–water partition coefficient (Wildman–Crippen LogP) is 2.34. The van der Waals surface area contributed by atoms with E-state index in [1.807, 2.05) is 0 Å². The van der Waals surface area contributed by atoms with Crippen molar-refractivity contribution >= 4 is 5.97 Å². The van der Waals surface area contributed by atoms with Gasteiger partial charge in [0, 0.05) is 24.7 Å². The second kappa shape index (κ2) is 6.90. The van der Waals surface area contributed by atoms with Crippen molar-refractivity contribution in [2.24, 2.45) is 11.8 Å².